The van der Waals surface area contributed by atoms with Gasteiger partial charge in [-0.25, -0.2) is 13.6 Å². The molecule has 1 saturated carbocycles. The number of carbonyl (C=O) groups is 1. The first-order chi connectivity index (χ1) is 16.2. The summed E-state index contributed by atoms with van der Waals surface area (Å²) >= 11 is 0. The van der Waals surface area contributed by atoms with Gasteiger partial charge in [0, 0.05) is 24.3 Å². The van der Waals surface area contributed by atoms with E-state index in [9.17, 15) is 28.9 Å². The van der Waals surface area contributed by atoms with Gasteiger partial charge in [0.05, 0.1) is 25.4 Å². The van der Waals surface area contributed by atoms with Crippen LogP contribution in [-0.2, 0) is 14.3 Å². The summed E-state index contributed by atoms with van der Waals surface area (Å²) in [5.74, 6) is -2.86. The molecule has 0 amide bonds. The minimum Gasteiger partial charge on any atom is -0.487 e. The lowest BCUT2D eigenvalue weighted by Crippen LogP contribution is -2.32. The van der Waals surface area contributed by atoms with Crippen LogP contribution >= 0.6 is 0 Å². The molecule has 9 heteroatoms. The number of carboxylic acid groups (broad SMARTS) is 1. The van der Waals surface area contributed by atoms with Gasteiger partial charge in [-0.1, -0.05) is 26.0 Å². The summed E-state index contributed by atoms with van der Waals surface area (Å²) in [6, 6.07) is 2.85. The van der Waals surface area contributed by atoms with E-state index in [1.54, 1.807) is 19.9 Å². The number of benzene rings is 1. The maximum atomic E-state index is 13.7. The second-order valence-electron chi connectivity index (χ2n) is 9.53. The highest BCUT2D eigenvalue weighted by Crippen LogP contribution is 2.41. The van der Waals surface area contributed by atoms with E-state index in [1.165, 1.54) is 6.08 Å². The van der Waals surface area contributed by atoms with Crippen molar-refractivity contribution in [3.8, 4) is 5.75 Å². The number of hydrogen-bond donors (Lipinski definition) is 3. The van der Waals surface area contributed by atoms with Crippen LogP contribution in [0.4, 0.5) is 8.78 Å². The summed E-state index contributed by atoms with van der Waals surface area (Å²) in [5, 5.41) is 30.1. The molecule has 1 aromatic carbocycles. The minimum absolute atomic E-state index is 0.0467. The Morgan fingerprint density at radius 2 is 2.06 bits per heavy atom. The number of rotatable bonds is 10. The standard InChI is InChI=1S/C25H34F2O7/c1-14(2)24(25(30)31)34-12-15-3-6-19-18(21(29)10-22(19)32-11-15)7-5-17(28)13-33-23-9-16(26)4-8-20(23)27/h4-5,7-9,14-15,17-19,21-22,24,28-29H,3,6,10-13H2,1-2H3,(H,30,31)/b7-5+/t15-,17-,18-,19-,21-,22+,24?/m1/s1. The van der Waals surface area contributed by atoms with Crippen molar-refractivity contribution in [1.29, 1.82) is 0 Å². The van der Waals surface area contributed by atoms with Crippen LogP contribution in [0.15, 0.2) is 30.4 Å². The Morgan fingerprint density at radius 1 is 1.29 bits per heavy atom. The van der Waals surface area contributed by atoms with E-state index in [4.69, 9.17) is 14.2 Å². The topological polar surface area (TPSA) is 105 Å². The normalized spacial score (nSPS) is 29.1. The molecule has 0 radical (unpaired) electrons. The zero-order valence-electron chi connectivity index (χ0n) is 19.5. The minimum atomic E-state index is -1.06. The molecule has 0 aromatic heterocycles. The molecule has 1 heterocycles. The third-order valence-electron chi connectivity index (χ3n) is 6.56. The fourth-order valence-corrected chi connectivity index (χ4v) is 4.71. The van der Waals surface area contributed by atoms with E-state index in [0.29, 0.717) is 19.6 Å². The molecule has 190 valence electrons. The van der Waals surface area contributed by atoms with E-state index >= 15 is 0 Å². The highest BCUT2D eigenvalue weighted by molar-refractivity contribution is 5.72. The lowest BCUT2D eigenvalue weighted by atomic mass is 9.87. The Balaban J connectivity index is 1.52. The largest absolute Gasteiger partial charge is 0.487 e. The van der Waals surface area contributed by atoms with Crippen LogP contribution in [0.1, 0.15) is 33.1 Å². The van der Waals surface area contributed by atoms with Gasteiger partial charge in [0.25, 0.3) is 0 Å². The summed E-state index contributed by atoms with van der Waals surface area (Å²) in [6.45, 7) is 4.08. The van der Waals surface area contributed by atoms with E-state index in [1.807, 2.05) is 0 Å². The number of hydrogen-bond acceptors (Lipinski definition) is 6. The average Bonchev–Trinajstić information content (AvgIpc) is 2.93. The molecule has 1 aromatic rings. The van der Waals surface area contributed by atoms with E-state index in [0.717, 1.165) is 31.0 Å². The molecular formula is C25H34F2O7. The quantitative estimate of drug-likeness (QED) is 0.438. The first kappa shape index (κ1) is 26.5. The summed E-state index contributed by atoms with van der Waals surface area (Å²) in [7, 11) is 0. The molecule has 7 atom stereocenters. The van der Waals surface area contributed by atoms with Crippen molar-refractivity contribution in [2.24, 2.45) is 23.7 Å². The molecule has 0 bridgehead atoms. The Kier molecular flexibility index (Phi) is 9.41. The molecule has 1 saturated heterocycles. The fourth-order valence-electron chi connectivity index (χ4n) is 4.71. The second-order valence-corrected chi connectivity index (χ2v) is 9.53. The first-order valence-corrected chi connectivity index (χ1v) is 11.7. The van der Waals surface area contributed by atoms with Crippen LogP contribution in [0.2, 0.25) is 0 Å². The number of ether oxygens (including phenoxy) is 3. The van der Waals surface area contributed by atoms with Gasteiger partial charge in [-0.2, -0.15) is 0 Å². The predicted molar refractivity (Wildman–Crippen MR) is 119 cm³/mol. The number of aliphatic hydroxyl groups excluding tert-OH is 2. The summed E-state index contributed by atoms with van der Waals surface area (Å²) < 4.78 is 43.8. The molecule has 7 nitrogen and oxygen atoms in total. The SMILES string of the molecule is CC(C)C(OC[C@@H]1CC[C@@H]2[C@@H](/C=C/[C@@H](O)COc3cc(F)ccc3F)[C@H](O)C[C@@H]2OC1)C(=O)O. The van der Waals surface area contributed by atoms with Gasteiger partial charge in [-0.15, -0.1) is 0 Å². The van der Waals surface area contributed by atoms with Crippen LogP contribution in [-0.4, -0.2) is 65.5 Å². The molecule has 1 aliphatic heterocycles. The molecule has 3 rings (SSSR count). The Bertz CT molecular complexity index is 847. The van der Waals surface area contributed by atoms with Crippen LogP contribution in [0.25, 0.3) is 0 Å². The van der Waals surface area contributed by atoms with Crippen LogP contribution in [0.5, 0.6) is 5.75 Å². The molecule has 2 aliphatic rings. The zero-order chi connectivity index (χ0) is 24.8. The number of carboxylic acids is 1. The van der Waals surface area contributed by atoms with E-state index < -0.39 is 35.9 Å². The summed E-state index contributed by atoms with van der Waals surface area (Å²) in [4.78, 5) is 11.3. The van der Waals surface area contributed by atoms with Crippen molar-refractivity contribution in [2.75, 3.05) is 19.8 Å². The number of halogens is 2. The Morgan fingerprint density at radius 3 is 2.76 bits per heavy atom. The van der Waals surface area contributed by atoms with Crippen LogP contribution in [0, 0.1) is 35.3 Å². The van der Waals surface area contributed by atoms with Crippen LogP contribution in [0.3, 0.4) is 0 Å². The molecular weight excluding hydrogens is 450 g/mol. The molecule has 2 fully saturated rings. The van der Waals surface area contributed by atoms with Crippen molar-refractivity contribution in [2.45, 2.75) is 57.5 Å². The van der Waals surface area contributed by atoms with Gasteiger partial charge < -0.3 is 29.5 Å². The number of aliphatic hydroxyl groups is 2. The van der Waals surface area contributed by atoms with Gasteiger partial charge in [0.2, 0.25) is 0 Å². The van der Waals surface area contributed by atoms with Crippen molar-refractivity contribution in [3.05, 3.63) is 42.0 Å². The predicted octanol–water partition coefficient (Wildman–Crippen LogP) is 3.18. The van der Waals surface area contributed by atoms with Crippen molar-refractivity contribution in [3.63, 3.8) is 0 Å². The third-order valence-corrected chi connectivity index (χ3v) is 6.56. The third kappa shape index (κ3) is 6.97. The van der Waals surface area contributed by atoms with Crippen molar-refractivity contribution in [1.82, 2.24) is 0 Å². The van der Waals surface area contributed by atoms with Gasteiger partial charge >= 0.3 is 5.97 Å². The molecule has 34 heavy (non-hydrogen) atoms. The first-order valence-electron chi connectivity index (χ1n) is 11.7. The zero-order valence-corrected chi connectivity index (χ0v) is 19.5. The van der Waals surface area contributed by atoms with Crippen molar-refractivity contribution >= 4 is 5.97 Å². The highest BCUT2D eigenvalue weighted by Gasteiger charge is 2.43. The van der Waals surface area contributed by atoms with Gasteiger partial charge in [-0.05, 0) is 36.8 Å². The monoisotopic (exact) mass is 484 g/mol. The molecule has 3 N–H and O–H groups in total. The fraction of sp³-hybridized carbons (Fsp3) is 0.640. The van der Waals surface area contributed by atoms with E-state index in [-0.39, 0.29) is 42.1 Å². The highest BCUT2D eigenvalue weighted by atomic mass is 19.1. The number of fused-ring (bicyclic) bond motifs is 1. The average molecular weight is 485 g/mol. The van der Waals surface area contributed by atoms with E-state index in [2.05, 4.69) is 0 Å². The Labute approximate surface area is 198 Å². The smallest absolute Gasteiger partial charge is 0.333 e. The van der Waals surface area contributed by atoms with Crippen LogP contribution < -0.4 is 4.74 Å². The maximum Gasteiger partial charge on any atom is 0.333 e. The van der Waals surface area contributed by atoms with Gasteiger partial charge in [0.15, 0.2) is 17.7 Å². The summed E-state index contributed by atoms with van der Waals surface area (Å²) in [5.41, 5.74) is 0. The Hall–Kier alpha value is -2.07. The summed E-state index contributed by atoms with van der Waals surface area (Å²) in [6.07, 6.45) is 2.57. The number of aliphatic carboxylic acids is 1. The second kappa shape index (κ2) is 12.1. The van der Waals surface area contributed by atoms with Gasteiger partial charge in [0.1, 0.15) is 18.5 Å². The van der Waals surface area contributed by atoms with Gasteiger partial charge in [-0.3, -0.25) is 0 Å². The molecule has 1 unspecified atom stereocenters. The van der Waals surface area contributed by atoms with Crippen molar-refractivity contribution < 1.29 is 43.1 Å². The molecule has 1 aliphatic carbocycles. The molecule has 0 spiro atoms. The maximum absolute atomic E-state index is 13.7. The lowest BCUT2D eigenvalue weighted by Gasteiger charge is -2.22. The lowest BCUT2D eigenvalue weighted by molar-refractivity contribution is -0.155.